The number of ether oxygens (including phenoxy) is 2. The van der Waals surface area contributed by atoms with Crippen LogP contribution in [-0.4, -0.2) is 7.11 Å². The van der Waals surface area contributed by atoms with E-state index in [-0.39, 0.29) is 6.61 Å². The summed E-state index contributed by atoms with van der Waals surface area (Å²) in [6.45, 7) is 0.0968. The first-order chi connectivity index (χ1) is 9.63. The minimum Gasteiger partial charge on any atom is -0.493 e. The highest BCUT2D eigenvalue weighted by molar-refractivity contribution is 6.30. The summed E-state index contributed by atoms with van der Waals surface area (Å²) in [5.74, 6) is 1.10. The fourth-order valence-corrected chi connectivity index (χ4v) is 2.03. The molecule has 0 unspecified atom stereocenters. The van der Waals surface area contributed by atoms with Crippen molar-refractivity contribution in [2.24, 2.45) is 0 Å². The topological polar surface area (TPSA) is 18.5 Å². The molecule has 0 heterocycles. The molecular formula is C15H13Cl2FO2. The summed E-state index contributed by atoms with van der Waals surface area (Å²) in [5.41, 5.74) is 1.35. The third-order valence-corrected chi connectivity index (χ3v) is 3.32. The molecule has 0 amide bonds. The highest BCUT2D eigenvalue weighted by Crippen LogP contribution is 2.29. The van der Waals surface area contributed by atoms with Crippen molar-refractivity contribution in [1.29, 1.82) is 0 Å². The van der Waals surface area contributed by atoms with Gasteiger partial charge in [0.2, 0.25) is 0 Å². The van der Waals surface area contributed by atoms with E-state index in [1.807, 2.05) is 6.07 Å². The van der Waals surface area contributed by atoms with E-state index in [9.17, 15) is 4.39 Å². The van der Waals surface area contributed by atoms with Gasteiger partial charge in [-0.2, -0.15) is 0 Å². The molecule has 0 saturated heterocycles. The van der Waals surface area contributed by atoms with Crippen molar-refractivity contribution in [3.8, 4) is 11.5 Å². The van der Waals surface area contributed by atoms with Gasteiger partial charge in [0.25, 0.3) is 0 Å². The summed E-state index contributed by atoms with van der Waals surface area (Å²) in [7, 11) is 1.54. The van der Waals surface area contributed by atoms with Gasteiger partial charge in [0.1, 0.15) is 12.4 Å². The Labute approximate surface area is 127 Å². The van der Waals surface area contributed by atoms with Crippen LogP contribution >= 0.6 is 23.2 Å². The summed E-state index contributed by atoms with van der Waals surface area (Å²) in [5, 5.41) is 0.357. The largest absolute Gasteiger partial charge is 0.493 e. The molecule has 5 heteroatoms. The Hall–Kier alpha value is -1.45. The lowest BCUT2D eigenvalue weighted by Crippen LogP contribution is -2.00. The van der Waals surface area contributed by atoms with Gasteiger partial charge in [0.05, 0.1) is 7.11 Å². The van der Waals surface area contributed by atoms with Gasteiger partial charge in [0.15, 0.2) is 11.5 Å². The molecule has 0 saturated carbocycles. The van der Waals surface area contributed by atoms with Crippen molar-refractivity contribution in [3.05, 3.63) is 58.4 Å². The Kier molecular flexibility index (Phi) is 5.10. The van der Waals surface area contributed by atoms with Crippen molar-refractivity contribution < 1.29 is 13.9 Å². The van der Waals surface area contributed by atoms with Gasteiger partial charge >= 0.3 is 0 Å². The van der Waals surface area contributed by atoms with E-state index in [1.165, 1.54) is 6.07 Å². The number of hydrogen-bond acceptors (Lipinski definition) is 2. The molecule has 2 rings (SSSR count). The summed E-state index contributed by atoms with van der Waals surface area (Å²) >= 11 is 11.5. The highest BCUT2D eigenvalue weighted by atomic mass is 35.5. The SMILES string of the molecule is COc1cc(CCl)ccc1OCc1ccc(Cl)cc1F. The fraction of sp³-hybridized carbons (Fsp3) is 0.200. The Morgan fingerprint density at radius 2 is 1.90 bits per heavy atom. The van der Waals surface area contributed by atoms with Gasteiger partial charge in [-0.25, -0.2) is 4.39 Å². The van der Waals surface area contributed by atoms with Crippen LogP contribution in [0.1, 0.15) is 11.1 Å². The number of rotatable bonds is 5. The molecule has 0 spiro atoms. The number of hydrogen-bond donors (Lipinski definition) is 0. The zero-order valence-electron chi connectivity index (χ0n) is 10.8. The standard InChI is InChI=1S/C15H13Cl2FO2/c1-19-15-6-10(8-16)2-5-14(15)20-9-11-3-4-12(17)7-13(11)18/h2-7H,8-9H2,1H3. The molecule has 2 aromatic carbocycles. The van der Waals surface area contributed by atoms with Crippen LogP contribution in [0.5, 0.6) is 11.5 Å². The van der Waals surface area contributed by atoms with Gasteiger partial charge < -0.3 is 9.47 Å². The molecule has 0 aliphatic carbocycles. The van der Waals surface area contributed by atoms with E-state index in [0.717, 1.165) is 5.56 Å². The van der Waals surface area contributed by atoms with Crippen LogP contribution in [-0.2, 0) is 12.5 Å². The van der Waals surface area contributed by atoms with E-state index in [4.69, 9.17) is 32.7 Å². The minimum atomic E-state index is -0.395. The van der Waals surface area contributed by atoms with Crippen LogP contribution in [0.25, 0.3) is 0 Å². The monoisotopic (exact) mass is 314 g/mol. The molecule has 0 N–H and O–H groups in total. The van der Waals surface area contributed by atoms with E-state index in [2.05, 4.69) is 0 Å². The zero-order valence-corrected chi connectivity index (χ0v) is 12.3. The third kappa shape index (κ3) is 3.56. The van der Waals surface area contributed by atoms with Gasteiger partial charge in [-0.15, -0.1) is 11.6 Å². The molecule has 0 fully saturated rings. The number of benzene rings is 2. The second-order valence-corrected chi connectivity index (χ2v) is 4.85. The van der Waals surface area contributed by atoms with Crippen LogP contribution in [0.15, 0.2) is 36.4 Å². The Balaban J connectivity index is 2.14. The number of methoxy groups -OCH3 is 1. The Morgan fingerprint density at radius 3 is 2.55 bits per heavy atom. The molecule has 2 nitrogen and oxygen atoms in total. The molecule has 0 radical (unpaired) electrons. The van der Waals surface area contributed by atoms with E-state index in [0.29, 0.717) is 28.0 Å². The van der Waals surface area contributed by atoms with Crippen molar-refractivity contribution in [1.82, 2.24) is 0 Å². The predicted octanol–water partition coefficient (Wildman–Crippen LogP) is 4.81. The van der Waals surface area contributed by atoms with E-state index < -0.39 is 5.82 Å². The second kappa shape index (κ2) is 6.82. The third-order valence-electron chi connectivity index (χ3n) is 2.78. The first-order valence-electron chi connectivity index (χ1n) is 5.93. The van der Waals surface area contributed by atoms with Crippen LogP contribution in [0.2, 0.25) is 5.02 Å². The number of alkyl halides is 1. The van der Waals surface area contributed by atoms with Crippen molar-refractivity contribution in [2.45, 2.75) is 12.5 Å². The lowest BCUT2D eigenvalue weighted by Gasteiger charge is -2.12. The summed E-state index contributed by atoms with van der Waals surface area (Å²) < 4.78 is 24.5. The first-order valence-corrected chi connectivity index (χ1v) is 6.85. The molecular weight excluding hydrogens is 302 g/mol. The first kappa shape index (κ1) is 14.9. The molecule has 0 bridgehead atoms. The van der Waals surface area contributed by atoms with Gasteiger partial charge in [0, 0.05) is 16.5 Å². The van der Waals surface area contributed by atoms with Gasteiger partial charge in [-0.3, -0.25) is 0 Å². The van der Waals surface area contributed by atoms with Crippen molar-refractivity contribution in [2.75, 3.05) is 7.11 Å². The lowest BCUT2D eigenvalue weighted by atomic mass is 10.2. The van der Waals surface area contributed by atoms with Crippen LogP contribution in [0.4, 0.5) is 4.39 Å². The maximum Gasteiger partial charge on any atom is 0.161 e. The second-order valence-electron chi connectivity index (χ2n) is 4.14. The molecule has 0 aliphatic heterocycles. The average molecular weight is 315 g/mol. The van der Waals surface area contributed by atoms with Gasteiger partial charge in [-0.1, -0.05) is 23.7 Å². The van der Waals surface area contributed by atoms with Crippen molar-refractivity contribution in [3.63, 3.8) is 0 Å². The van der Waals surface area contributed by atoms with E-state index in [1.54, 1.807) is 31.4 Å². The summed E-state index contributed by atoms with van der Waals surface area (Å²) in [4.78, 5) is 0. The zero-order chi connectivity index (χ0) is 14.5. The molecule has 106 valence electrons. The van der Waals surface area contributed by atoms with Crippen LogP contribution in [0.3, 0.4) is 0 Å². The van der Waals surface area contributed by atoms with Crippen LogP contribution < -0.4 is 9.47 Å². The van der Waals surface area contributed by atoms with Crippen LogP contribution in [0, 0.1) is 5.82 Å². The predicted molar refractivity (Wildman–Crippen MR) is 78.3 cm³/mol. The highest BCUT2D eigenvalue weighted by Gasteiger charge is 2.08. The van der Waals surface area contributed by atoms with Gasteiger partial charge in [-0.05, 0) is 29.8 Å². The average Bonchev–Trinajstić information content (AvgIpc) is 2.46. The Bertz CT molecular complexity index is 602. The quantitative estimate of drug-likeness (QED) is 0.738. The maximum atomic E-state index is 13.6. The molecule has 0 aromatic heterocycles. The molecule has 0 aliphatic rings. The Morgan fingerprint density at radius 1 is 1.10 bits per heavy atom. The lowest BCUT2D eigenvalue weighted by molar-refractivity contribution is 0.279. The fourth-order valence-electron chi connectivity index (χ4n) is 1.71. The van der Waals surface area contributed by atoms with E-state index >= 15 is 0 Å². The maximum absolute atomic E-state index is 13.6. The summed E-state index contributed by atoms with van der Waals surface area (Å²) in [6, 6.07) is 9.86. The minimum absolute atomic E-state index is 0.0968. The number of halogens is 3. The molecule has 0 atom stereocenters. The normalized spacial score (nSPS) is 10.4. The summed E-state index contributed by atoms with van der Waals surface area (Å²) in [6.07, 6.45) is 0. The molecule has 20 heavy (non-hydrogen) atoms. The smallest absolute Gasteiger partial charge is 0.161 e. The van der Waals surface area contributed by atoms with Crippen molar-refractivity contribution >= 4 is 23.2 Å². The molecule has 2 aromatic rings.